The van der Waals surface area contributed by atoms with Gasteiger partial charge < -0.3 is 20.6 Å². The normalized spacial score (nSPS) is 15.5. The van der Waals surface area contributed by atoms with E-state index in [4.69, 9.17) is 21.5 Å². The van der Waals surface area contributed by atoms with Crippen LogP contribution in [0.25, 0.3) is 11.1 Å². The second-order valence-corrected chi connectivity index (χ2v) is 12.8. The summed E-state index contributed by atoms with van der Waals surface area (Å²) in [7, 11) is -1.48. The molecule has 1 fully saturated rings. The molecule has 4 rings (SSSR count). The van der Waals surface area contributed by atoms with E-state index >= 15 is 0 Å². The van der Waals surface area contributed by atoms with Crippen LogP contribution in [0, 0.1) is 6.92 Å². The van der Waals surface area contributed by atoms with Gasteiger partial charge in [0.05, 0.1) is 21.8 Å². The van der Waals surface area contributed by atoms with Gasteiger partial charge in [-0.05, 0) is 61.9 Å². The molecule has 0 aliphatic carbocycles. The molecule has 2 heterocycles. The van der Waals surface area contributed by atoms with Crippen molar-refractivity contribution in [1.82, 2.24) is 10.3 Å². The Balaban J connectivity index is 0.00000169. The number of carbonyl (C=O) groups excluding carboxylic acids is 2. The molecule has 3 N–H and O–H groups in total. The molecule has 2 aromatic carbocycles. The molecule has 1 atom stereocenters. The highest BCUT2D eigenvalue weighted by atomic mass is 35.5. The third-order valence-electron chi connectivity index (χ3n) is 6.85. The molecule has 1 aliphatic rings. The summed E-state index contributed by atoms with van der Waals surface area (Å²) in [6.07, 6.45) is 2.70. The van der Waals surface area contributed by atoms with Crippen LogP contribution >= 0.6 is 11.6 Å². The van der Waals surface area contributed by atoms with Crippen LogP contribution < -0.4 is 15.5 Å². The highest BCUT2D eigenvalue weighted by molar-refractivity contribution is 7.93. The number of rotatable bonds is 7. The fourth-order valence-corrected chi connectivity index (χ4v) is 6.09. The summed E-state index contributed by atoms with van der Waals surface area (Å²) in [5.41, 5.74) is 2.70. The van der Waals surface area contributed by atoms with Crippen LogP contribution in [0.15, 0.2) is 64.0 Å². The molecule has 0 radical (unpaired) electrons. The zero-order valence-corrected chi connectivity index (χ0v) is 26.1. The quantitative estimate of drug-likeness (QED) is 0.285. The van der Waals surface area contributed by atoms with E-state index in [2.05, 4.69) is 20.0 Å². The number of halogens is 3. The predicted octanol–water partition coefficient (Wildman–Crippen LogP) is 5.49. The summed E-state index contributed by atoms with van der Waals surface area (Å²) >= 11 is 6.07. The summed E-state index contributed by atoms with van der Waals surface area (Å²) in [6, 6.07) is 13.4. The number of likely N-dealkylation sites (N-methyl/N-ethyl adjacent to an activating group) is 1. The lowest BCUT2D eigenvalue weighted by Crippen LogP contribution is -2.30. The largest absolute Gasteiger partial charge is 0.483 e. The molecule has 10 nitrogen and oxygen atoms in total. The molecule has 1 aromatic heterocycles. The second-order valence-electron chi connectivity index (χ2n) is 10.1. The predicted molar refractivity (Wildman–Crippen MR) is 167 cm³/mol. The fourth-order valence-electron chi connectivity index (χ4n) is 4.73. The Bertz CT molecular complexity index is 1630. The maximum absolute atomic E-state index is 14.2. The Morgan fingerprint density at radius 2 is 1.86 bits per heavy atom. The molecular formula is C30H34ClF2N5O5S. The number of carboxylic acid groups (broad SMARTS) is 1. The van der Waals surface area contributed by atoms with Crippen LogP contribution in [0.3, 0.4) is 0 Å². The van der Waals surface area contributed by atoms with E-state index < -0.39 is 27.5 Å². The van der Waals surface area contributed by atoms with Crippen LogP contribution in [0.2, 0.25) is 5.02 Å². The summed E-state index contributed by atoms with van der Waals surface area (Å²) in [4.78, 5) is 40.8. The number of aromatic nitrogens is 1. The van der Waals surface area contributed by atoms with E-state index in [0.29, 0.717) is 34.2 Å². The van der Waals surface area contributed by atoms with Gasteiger partial charge in [0.25, 0.3) is 18.3 Å². The van der Waals surface area contributed by atoms with Crippen molar-refractivity contribution >= 4 is 51.1 Å². The van der Waals surface area contributed by atoms with Gasteiger partial charge in [0.2, 0.25) is 5.92 Å². The van der Waals surface area contributed by atoms with E-state index in [1.54, 1.807) is 55.4 Å². The third-order valence-corrected chi connectivity index (χ3v) is 8.78. The van der Waals surface area contributed by atoms with Gasteiger partial charge >= 0.3 is 0 Å². The first-order chi connectivity index (χ1) is 20.8. The third kappa shape index (κ3) is 9.04. The van der Waals surface area contributed by atoms with Crippen molar-refractivity contribution < 1.29 is 32.5 Å². The van der Waals surface area contributed by atoms with Crippen molar-refractivity contribution in [2.45, 2.75) is 37.0 Å². The number of nitrogens with one attached hydrogen (secondary N) is 2. The number of amides is 2. The Morgan fingerprint density at radius 3 is 2.52 bits per heavy atom. The van der Waals surface area contributed by atoms with Crippen molar-refractivity contribution in [2.24, 2.45) is 4.36 Å². The average Bonchev–Trinajstić information content (AvgIpc) is 3.14. The fraction of sp³-hybridized carbons (Fsp3) is 0.333. The van der Waals surface area contributed by atoms with Crippen molar-refractivity contribution in [3.05, 3.63) is 70.9 Å². The summed E-state index contributed by atoms with van der Waals surface area (Å²) in [5.74, 6) is -3.51. The molecule has 2 amide bonds. The van der Waals surface area contributed by atoms with E-state index in [0.717, 1.165) is 5.56 Å². The Hall–Kier alpha value is -3.94. The van der Waals surface area contributed by atoms with Crippen molar-refractivity contribution in [3.8, 4) is 11.1 Å². The van der Waals surface area contributed by atoms with E-state index in [-0.39, 0.29) is 49.3 Å². The Kier molecular flexibility index (Phi) is 11.9. The first kappa shape index (κ1) is 34.5. The second kappa shape index (κ2) is 15.2. The van der Waals surface area contributed by atoms with Crippen LogP contribution in [0.4, 0.5) is 20.3 Å². The van der Waals surface area contributed by atoms with Gasteiger partial charge in [-0.1, -0.05) is 29.8 Å². The monoisotopic (exact) mass is 649 g/mol. The lowest BCUT2D eigenvalue weighted by Gasteiger charge is -2.26. The number of carbonyl (C=O) groups is 3. The van der Waals surface area contributed by atoms with Crippen LogP contribution in [0.5, 0.6) is 0 Å². The van der Waals surface area contributed by atoms with Gasteiger partial charge in [-0.3, -0.25) is 14.4 Å². The van der Waals surface area contributed by atoms with E-state index in [1.807, 2.05) is 12.1 Å². The number of alkyl halides is 2. The molecule has 0 saturated carbocycles. The van der Waals surface area contributed by atoms with Gasteiger partial charge in [0.15, 0.2) is 0 Å². The standard InChI is InChI=1S/C29H32ClF2N5O3S.CH2O2/c1-19-24(20-8-10-21(30)11-9-20)17-34-27(37-14-5-12-29(31,32)13-15-37)26(19)28(39)35-22-6-4-7-23(16-22)41(3,40)36-25(38)18-33-2;2-1-3/h4,6-11,16-17,33H,5,12-15,18H2,1-3H3,(H,35,39);1H,(H,2,3). The van der Waals surface area contributed by atoms with Gasteiger partial charge in [-0.15, -0.1) is 0 Å². The van der Waals surface area contributed by atoms with Crippen LogP contribution in [-0.2, 0) is 19.3 Å². The molecule has 0 bridgehead atoms. The molecule has 1 unspecified atom stereocenters. The minimum Gasteiger partial charge on any atom is -0.483 e. The smallest absolute Gasteiger partial charge is 0.290 e. The number of pyridine rings is 1. The number of benzene rings is 2. The molecular weight excluding hydrogens is 616 g/mol. The lowest BCUT2D eigenvalue weighted by atomic mass is 9.97. The zero-order chi connectivity index (χ0) is 32.5. The maximum atomic E-state index is 14.2. The highest BCUT2D eigenvalue weighted by Gasteiger charge is 2.33. The molecule has 0 spiro atoms. The van der Waals surface area contributed by atoms with Gasteiger partial charge in [-0.2, -0.15) is 4.36 Å². The molecule has 14 heteroatoms. The Morgan fingerprint density at radius 1 is 1.18 bits per heavy atom. The van der Waals surface area contributed by atoms with Gasteiger partial charge in [0, 0.05) is 59.6 Å². The molecule has 3 aromatic rings. The first-order valence-corrected chi connectivity index (χ1v) is 15.9. The van der Waals surface area contributed by atoms with Gasteiger partial charge in [0.1, 0.15) is 5.82 Å². The molecule has 236 valence electrons. The van der Waals surface area contributed by atoms with Gasteiger partial charge in [-0.25, -0.2) is 18.0 Å². The number of nitrogens with zero attached hydrogens (tertiary/aromatic N) is 3. The first-order valence-electron chi connectivity index (χ1n) is 13.6. The maximum Gasteiger partial charge on any atom is 0.290 e. The molecule has 1 aliphatic heterocycles. The lowest BCUT2D eigenvalue weighted by molar-refractivity contribution is -0.123. The number of anilines is 2. The van der Waals surface area contributed by atoms with E-state index in [9.17, 15) is 22.6 Å². The van der Waals surface area contributed by atoms with Crippen molar-refractivity contribution in [2.75, 3.05) is 43.2 Å². The Labute approximate surface area is 260 Å². The minimum atomic E-state index is -3.07. The van der Waals surface area contributed by atoms with Crippen LogP contribution in [0.1, 0.15) is 35.2 Å². The average molecular weight is 650 g/mol. The molecule has 1 saturated heterocycles. The topological polar surface area (TPSA) is 141 Å². The number of hydrogen-bond donors (Lipinski definition) is 3. The molecule has 44 heavy (non-hydrogen) atoms. The minimum absolute atomic E-state index is 0.0511. The summed E-state index contributed by atoms with van der Waals surface area (Å²) in [6.45, 7) is 1.87. The van der Waals surface area contributed by atoms with E-state index in [1.165, 1.54) is 12.3 Å². The number of hydrogen-bond acceptors (Lipinski definition) is 7. The summed E-state index contributed by atoms with van der Waals surface area (Å²) in [5, 5.41) is 13.0. The SMILES string of the molecule is CNCC(=O)N=S(C)(=O)c1cccc(NC(=O)c2c(N3CCCC(F)(F)CC3)ncc(-c3ccc(Cl)cc3)c2C)c1.O=CO. The van der Waals surface area contributed by atoms with Crippen LogP contribution in [-0.4, -0.2) is 71.4 Å². The van der Waals surface area contributed by atoms with Crippen molar-refractivity contribution in [3.63, 3.8) is 0 Å². The highest BCUT2D eigenvalue weighted by Crippen LogP contribution is 2.35. The summed E-state index contributed by atoms with van der Waals surface area (Å²) < 4.78 is 45.3. The van der Waals surface area contributed by atoms with Crippen molar-refractivity contribution in [1.29, 1.82) is 0 Å². The zero-order valence-electron chi connectivity index (χ0n) is 24.5.